The molecule has 1 rings (SSSR count). The van der Waals surface area contributed by atoms with Crippen LogP contribution in [0.15, 0.2) is 23.9 Å². The molecule has 2 N–H and O–H groups in total. The normalized spacial score (nSPS) is 8.76. The molecule has 0 radical (unpaired) electrons. The summed E-state index contributed by atoms with van der Waals surface area (Å²) in [5, 5.41) is 18.0. The van der Waals surface area contributed by atoms with Crippen LogP contribution in [0.4, 0.5) is 5.69 Å². The lowest BCUT2D eigenvalue weighted by Crippen LogP contribution is -2.15. The van der Waals surface area contributed by atoms with Crippen LogP contribution in [0.25, 0.3) is 0 Å². The van der Waals surface area contributed by atoms with Crippen LogP contribution < -0.4 is 10.9 Å². The molecule has 86 valence electrons. The van der Waals surface area contributed by atoms with Gasteiger partial charge in [0.2, 0.25) is 0 Å². The van der Waals surface area contributed by atoms with Crippen molar-refractivity contribution in [1.82, 2.24) is 5.43 Å². The summed E-state index contributed by atoms with van der Waals surface area (Å²) in [5.41, 5.74) is 5.51. The summed E-state index contributed by atoms with van der Waals surface area (Å²) < 4.78 is 0. The number of hydrogen-bond donors (Lipinski definition) is 2. The Labute approximate surface area is 113 Å². The molecule has 0 heterocycles. The Balaban J connectivity index is 2.82. The number of benzene rings is 1. The largest absolute Gasteiger partial charge is 0.306 e. The number of rotatable bonds is 3. The Kier molecular flexibility index (Phi) is 4.93. The van der Waals surface area contributed by atoms with Gasteiger partial charge in [-0.25, -0.2) is 0 Å². The molecule has 0 saturated heterocycles. The highest BCUT2D eigenvalue weighted by Gasteiger charge is 2.06. The monoisotopic (exact) mass is 286 g/mol. The molecular weight excluding hydrogens is 282 g/mol. The van der Waals surface area contributed by atoms with E-state index in [-0.39, 0.29) is 5.57 Å². The first-order chi connectivity index (χ1) is 8.08. The van der Waals surface area contributed by atoms with Crippen molar-refractivity contribution in [2.24, 2.45) is 0 Å². The van der Waals surface area contributed by atoms with Crippen LogP contribution in [-0.4, -0.2) is 0 Å². The number of hydrogen-bond acceptors (Lipinski definition) is 4. The van der Waals surface area contributed by atoms with E-state index in [9.17, 15) is 0 Å². The van der Waals surface area contributed by atoms with Crippen molar-refractivity contribution >= 4 is 40.5 Å². The maximum absolute atomic E-state index is 8.49. The average Bonchev–Trinajstić information content (AvgIpc) is 2.27. The first-order valence-corrected chi connectivity index (χ1v) is 5.38. The van der Waals surface area contributed by atoms with E-state index in [1.165, 1.54) is 18.3 Å². The molecule has 4 nitrogen and oxygen atoms in total. The van der Waals surface area contributed by atoms with E-state index in [4.69, 9.17) is 45.3 Å². The lowest BCUT2D eigenvalue weighted by atomic mass is 10.3. The summed E-state index contributed by atoms with van der Waals surface area (Å²) >= 11 is 17.5. The molecule has 1 aromatic carbocycles. The van der Waals surface area contributed by atoms with Crippen molar-refractivity contribution < 1.29 is 0 Å². The van der Waals surface area contributed by atoms with Gasteiger partial charge >= 0.3 is 0 Å². The second-order valence-electron chi connectivity index (χ2n) is 2.80. The van der Waals surface area contributed by atoms with Crippen molar-refractivity contribution in [2.45, 2.75) is 0 Å². The first kappa shape index (κ1) is 13.5. The molecular formula is C10H5Cl3N4. The lowest BCUT2D eigenvalue weighted by Gasteiger charge is -2.10. The smallest absolute Gasteiger partial charge is 0.147 e. The van der Waals surface area contributed by atoms with Crippen LogP contribution in [-0.2, 0) is 0 Å². The Morgan fingerprint density at radius 1 is 1.12 bits per heavy atom. The first-order valence-electron chi connectivity index (χ1n) is 4.25. The van der Waals surface area contributed by atoms with E-state index in [1.54, 1.807) is 12.1 Å². The highest BCUT2D eigenvalue weighted by molar-refractivity contribution is 6.41. The number of anilines is 1. The van der Waals surface area contributed by atoms with E-state index >= 15 is 0 Å². The number of hydrazine groups is 1. The predicted molar refractivity (Wildman–Crippen MR) is 67.5 cm³/mol. The molecule has 17 heavy (non-hydrogen) atoms. The van der Waals surface area contributed by atoms with E-state index in [1.807, 2.05) is 0 Å². The van der Waals surface area contributed by atoms with Gasteiger partial charge in [0.15, 0.2) is 0 Å². The molecule has 0 fully saturated rings. The summed E-state index contributed by atoms with van der Waals surface area (Å²) in [6.07, 6.45) is 1.20. The minimum atomic E-state index is -0.0845. The van der Waals surface area contributed by atoms with Gasteiger partial charge in [0.1, 0.15) is 17.7 Å². The van der Waals surface area contributed by atoms with Crippen LogP contribution in [0, 0.1) is 22.7 Å². The van der Waals surface area contributed by atoms with Gasteiger partial charge in [-0.05, 0) is 12.1 Å². The molecule has 0 saturated carbocycles. The number of nitriles is 2. The number of allylic oxidation sites excluding steroid dienone is 1. The van der Waals surface area contributed by atoms with Gasteiger partial charge in [-0.3, -0.25) is 5.43 Å². The van der Waals surface area contributed by atoms with Gasteiger partial charge in [-0.1, -0.05) is 34.8 Å². The van der Waals surface area contributed by atoms with Gasteiger partial charge in [0, 0.05) is 11.2 Å². The second-order valence-corrected chi connectivity index (χ2v) is 4.05. The van der Waals surface area contributed by atoms with Crippen LogP contribution in [0.5, 0.6) is 0 Å². The average molecular weight is 288 g/mol. The molecule has 0 amide bonds. The topological polar surface area (TPSA) is 71.6 Å². The van der Waals surface area contributed by atoms with Crippen LogP contribution in [0.3, 0.4) is 0 Å². The third-order valence-corrected chi connectivity index (χ3v) is 2.48. The third-order valence-electron chi connectivity index (χ3n) is 1.66. The highest BCUT2D eigenvalue weighted by Crippen LogP contribution is 2.32. The Bertz CT molecular complexity index is 500. The molecule has 7 heteroatoms. The quantitative estimate of drug-likeness (QED) is 0.659. The Hall–Kier alpha value is -1.59. The van der Waals surface area contributed by atoms with E-state index in [0.717, 1.165) is 0 Å². The van der Waals surface area contributed by atoms with E-state index in [0.29, 0.717) is 20.8 Å². The lowest BCUT2D eigenvalue weighted by molar-refractivity contribution is 1.05. The Morgan fingerprint density at radius 3 is 2.12 bits per heavy atom. The molecule has 0 atom stereocenters. The summed E-state index contributed by atoms with van der Waals surface area (Å²) in [6, 6.07) is 6.40. The fraction of sp³-hybridized carbons (Fsp3) is 0. The minimum Gasteiger partial charge on any atom is -0.306 e. The SMILES string of the molecule is N#CC(C#N)=CNNc1c(Cl)cc(Cl)cc1Cl. The van der Waals surface area contributed by atoms with Crippen molar-refractivity contribution in [3.05, 3.63) is 39.0 Å². The third kappa shape index (κ3) is 3.72. The molecule has 0 bridgehead atoms. The minimum absolute atomic E-state index is 0.0845. The van der Waals surface area contributed by atoms with Crippen LogP contribution in [0.1, 0.15) is 0 Å². The standard InChI is InChI=1S/C10H5Cl3N4/c11-7-1-8(12)10(9(13)2-7)17-16-5-6(3-14)4-15/h1-2,5,16-17H. The van der Waals surface area contributed by atoms with Crippen molar-refractivity contribution in [3.63, 3.8) is 0 Å². The predicted octanol–water partition coefficient (Wildman–Crippen LogP) is 3.49. The molecule has 0 spiro atoms. The summed E-state index contributed by atoms with van der Waals surface area (Å²) in [7, 11) is 0. The van der Waals surface area contributed by atoms with Gasteiger partial charge < -0.3 is 5.43 Å². The van der Waals surface area contributed by atoms with Crippen molar-refractivity contribution in [2.75, 3.05) is 5.43 Å². The molecule has 0 aromatic heterocycles. The maximum Gasteiger partial charge on any atom is 0.147 e. The zero-order valence-electron chi connectivity index (χ0n) is 8.26. The van der Waals surface area contributed by atoms with E-state index < -0.39 is 0 Å². The zero-order valence-corrected chi connectivity index (χ0v) is 10.5. The number of nitrogens with one attached hydrogen (secondary N) is 2. The van der Waals surface area contributed by atoms with Gasteiger partial charge in [-0.15, -0.1) is 0 Å². The highest BCUT2D eigenvalue weighted by atomic mass is 35.5. The number of nitrogens with zero attached hydrogens (tertiary/aromatic N) is 2. The van der Waals surface area contributed by atoms with Crippen LogP contribution >= 0.6 is 34.8 Å². The molecule has 0 unspecified atom stereocenters. The Morgan fingerprint density at radius 2 is 1.65 bits per heavy atom. The molecule has 0 aliphatic heterocycles. The molecule has 0 aliphatic rings. The summed E-state index contributed by atoms with van der Waals surface area (Å²) in [5.74, 6) is 0. The van der Waals surface area contributed by atoms with Gasteiger partial charge in [-0.2, -0.15) is 10.5 Å². The summed E-state index contributed by atoms with van der Waals surface area (Å²) in [4.78, 5) is 0. The fourth-order valence-corrected chi connectivity index (χ4v) is 1.84. The zero-order chi connectivity index (χ0) is 12.8. The van der Waals surface area contributed by atoms with Gasteiger partial charge in [0.25, 0.3) is 0 Å². The van der Waals surface area contributed by atoms with Gasteiger partial charge in [0.05, 0.1) is 15.7 Å². The fourth-order valence-electron chi connectivity index (χ4n) is 0.932. The molecule has 1 aromatic rings. The van der Waals surface area contributed by atoms with Crippen molar-refractivity contribution in [1.29, 1.82) is 10.5 Å². The maximum atomic E-state index is 8.49. The second kappa shape index (κ2) is 6.22. The van der Waals surface area contributed by atoms with Crippen LogP contribution in [0.2, 0.25) is 15.1 Å². The summed E-state index contributed by atoms with van der Waals surface area (Å²) in [6.45, 7) is 0. The molecule has 0 aliphatic carbocycles. The van der Waals surface area contributed by atoms with E-state index in [2.05, 4.69) is 10.9 Å². The van der Waals surface area contributed by atoms with Crippen molar-refractivity contribution in [3.8, 4) is 12.1 Å². The number of halogens is 3.